The zero-order chi connectivity index (χ0) is 16.0. The van der Waals surface area contributed by atoms with Crippen LogP contribution in [0.4, 0.5) is 0 Å². The molecule has 4 heteroatoms. The highest BCUT2D eigenvalue weighted by Crippen LogP contribution is 2.59. The highest BCUT2D eigenvalue weighted by Gasteiger charge is 2.56. The smallest absolute Gasteiger partial charge is 0.111 e. The highest BCUT2D eigenvalue weighted by molar-refractivity contribution is 5.38. The number of aliphatic hydroxyl groups excluding tert-OH is 1. The molecular weight excluding hydrogens is 290 g/mol. The standard InChI is InChI=1S/C19H25NO3/c1-3-4-13-5-6-17-19(11-13)7-8-20(22-2)12-14-9-15(21)10-16(23-17)18(14)19/h1,7-8,13-15,17,21H,4-6,9-12H2,2H3/t13?,14-,15+,17+,19?/m1/s1. The second-order valence-corrected chi connectivity index (χ2v) is 7.43. The molecule has 1 spiro atoms. The molecule has 0 aromatic rings. The Morgan fingerprint density at radius 2 is 2.39 bits per heavy atom. The van der Waals surface area contributed by atoms with Crippen LogP contribution in [0.1, 0.15) is 38.5 Å². The van der Waals surface area contributed by atoms with Gasteiger partial charge in [0.2, 0.25) is 0 Å². The maximum Gasteiger partial charge on any atom is 0.111 e. The fraction of sp³-hybridized carbons (Fsp3) is 0.684. The Morgan fingerprint density at radius 1 is 1.52 bits per heavy atom. The second kappa shape index (κ2) is 5.58. The van der Waals surface area contributed by atoms with Gasteiger partial charge in [-0.1, -0.05) is 6.08 Å². The summed E-state index contributed by atoms with van der Waals surface area (Å²) in [4.78, 5) is 5.48. The van der Waals surface area contributed by atoms with Crippen molar-refractivity contribution in [3.05, 3.63) is 23.6 Å². The minimum atomic E-state index is -0.311. The Kier molecular flexibility index (Phi) is 3.66. The molecule has 1 fully saturated rings. The normalized spacial score (nSPS) is 41.7. The van der Waals surface area contributed by atoms with Crippen LogP contribution in [0.25, 0.3) is 0 Å². The lowest BCUT2D eigenvalue weighted by molar-refractivity contribution is -0.0967. The van der Waals surface area contributed by atoms with Crippen LogP contribution in [-0.4, -0.2) is 36.0 Å². The molecule has 2 aliphatic carbocycles. The summed E-state index contributed by atoms with van der Waals surface area (Å²) in [5, 5.41) is 12.2. The van der Waals surface area contributed by atoms with E-state index in [0.717, 1.165) is 44.4 Å². The molecule has 0 radical (unpaired) electrons. The number of hydrogen-bond acceptors (Lipinski definition) is 4. The molecule has 0 bridgehead atoms. The third-order valence-corrected chi connectivity index (χ3v) is 6.09. The van der Waals surface area contributed by atoms with Crippen molar-refractivity contribution >= 4 is 0 Å². The Morgan fingerprint density at radius 3 is 3.17 bits per heavy atom. The monoisotopic (exact) mass is 315 g/mol. The topological polar surface area (TPSA) is 41.9 Å². The summed E-state index contributed by atoms with van der Waals surface area (Å²) in [6, 6.07) is 0. The van der Waals surface area contributed by atoms with Crippen LogP contribution >= 0.6 is 0 Å². The lowest BCUT2D eigenvalue weighted by Crippen LogP contribution is -2.41. The predicted molar refractivity (Wildman–Crippen MR) is 86.7 cm³/mol. The van der Waals surface area contributed by atoms with E-state index in [4.69, 9.17) is 16.0 Å². The van der Waals surface area contributed by atoms with Crippen molar-refractivity contribution in [2.24, 2.45) is 17.3 Å². The van der Waals surface area contributed by atoms with Crippen molar-refractivity contribution in [3.8, 4) is 12.3 Å². The van der Waals surface area contributed by atoms with Gasteiger partial charge >= 0.3 is 0 Å². The van der Waals surface area contributed by atoms with Crippen LogP contribution in [0, 0.1) is 29.6 Å². The molecule has 0 saturated heterocycles. The molecule has 124 valence electrons. The predicted octanol–water partition coefficient (Wildman–Crippen LogP) is 2.61. The second-order valence-electron chi connectivity index (χ2n) is 7.43. The lowest BCUT2D eigenvalue weighted by Gasteiger charge is -2.42. The van der Waals surface area contributed by atoms with Gasteiger partial charge < -0.3 is 9.84 Å². The van der Waals surface area contributed by atoms with E-state index in [0.29, 0.717) is 18.3 Å². The van der Waals surface area contributed by atoms with Gasteiger partial charge in [-0.05, 0) is 37.2 Å². The Balaban J connectivity index is 1.77. The Hall–Kier alpha value is -1.44. The first-order chi connectivity index (χ1) is 11.2. The molecule has 1 saturated carbocycles. The summed E-state index contributed by atoms with van der Waals surface area (Å²) >= 11 is 0. The first kappa shape index (κ1) is 15.1. The fourth-order valence-corrected chi connectivity index (χ4v) is 5.21. The highest BCUT2D eigenvalue weighted by atomic mass is 16.7. The summed E-state index contributed by atoms with van der Waals surface area (Å²) in [6.45, 7) is 0.778. The number of terminal acetylenes is 1. The summed E-state index contributed by atoms with van der Waals surface area (Å²) in [5.74, 6) is 4.73. The molecule has 2 heterocycles. The zero-order valence-electron chi connectivity index (χ0n) is 13.7. The van der Waals surface area contributed by atoms with E-state index in [-0.39, 0.29) is 17.6 Å². The summed E-state index contributed by atoms with van der Waals surface area (Å²) in [6.07, 6.45) is 15.3. The van der Waals surface area contributed by atoms with Gasteiger partial charge in [0.05, 0.1) is 30.9 Å². The van der Waals surface area contributed by atoms with E-state index in [1.165, 1.54) is 5.57 Å². The van der Waals surface area contributed by atoms with Crippen LogP contribution in [0.15, 0.2) is 23.6 Å². The van der Waals surface area contributed by atoms with E-state index in [1.54, 1.807) is 7.11 Å². The summed E-state index contributed by atoms with van der Waals surface area (Å²) in [5.41, 5.74) is 1.37. The molecule has 4 nitrogen and oxygen atoms in total. The van der Waals surface area contributed by atoms with Crippen LogP contribution in [0.5, 0.6) is 0 Å². The molecule has 1 N–H and O–H groups in total. The SMILES string of the molecule is C#CCC1CC[C@@H]2OC3=C4[C@H](C[C@H](O)C3)CN(OC)C=CC42C1. The number of nitrogens with zero attached hydrogens (tertiary/aromatic N) is 1. The summed E-state index contributed by atoms with van der Waals surface area (Å²) in [7, 11) is 1.70. The third kappa shape index (κ3) is 2.29. The largest absolute Gasteiger partial charge is 0.493 e. The van der Waals surface area contributed by atoms with Gasteiger partial charge in [0, 0.05) is 25.0 Å². The minimum absolute atomic E-state index is 0.0484. The zero-order valence-corrected chi connectivity index (χ0v) is 13.7. The molecule has 0 amide bonds. The van der Waals surface area contributed by atoms with Crippen LogP contribution < -0.4 is 0 Å². The average molecular weight is 315 g/mol. The van der Waals surface area contributed by atoms with Crippen molar-refractivity contribution < 1.29 is 14.7 Å². The number of ether oxygens (including phenoxy) is 1. The van der Waals surface area contributed by atoms with Gasteiger partial charge in [-0.15, -0.1) is 12.3 Å². The minimum Gasteiger partial charge on any atom is -0.493 e. The maximum absolute atomic E-state index is 10.3. The first-order valence-corrected chi connectivity index (χ1v) is 8.68. The first-order valence-electron chi connectivity index (χ1n) is 8.68. The van der Waals surface area contributed by atoms with Crippen LogP contribution in [0.2, 0.25) is 0 Å². The summed E-state index contributed by atoms with van der Waals surface area (Å²) < 4.78 is 6.35. The van der Waals surface area contributed by atoms with E-state index in [9.17, 15) is 5.11 Å². The quantitative estimate of drug-likeness (QED) is 0.796. The molecule has 5 atom stereocenters. The average Bonchev–Trinajstić information content (AvgIpc) is 2.75. The fourth-order valence-electron chi connectivity index (χ4n) is 5.21. The van der Waals surface area contributed by atoms with Crippen LogP contribution in [-0.2, 0) is 9.57 Å². The molecule has 0 aromatic carbocycles. The maximum atomic E-state index is 10.3. The Labute approximate surface area is 138 Å². The van der Waals surface area contributed by atoms with Gasteiger partial charge in [-0.2, -0.15) is 0 Å². The molecule has 23 heavy (non-hydrogen) atoms. The van der Waals surface area contributed by atoms with Gasteiger partial charge in [0.1, 0.15) is 6.10 Å². The lowest BCUT2D eigenvalue weighted by atomic mass is 9.60. The molecule has 4 rings (SSSR count). The van der Waals surface area contributed by atoms with E-state index in [2.05, 4.69) is 18.2 Å². The number of hydroxylamine groups is 2. The number of aliphatic hydroxyl groups is 1. The van der Waals surface area contributed by atoms with E-state index in [1.807, 2.05) is 5.06 Å². The molecule has 0 aromatic heterocycles. The van der Waals surface area contributed by atoms with Gasteiger partial charge in [0.15, 0.2) is 0 Å². The van der Waals surface area contributed by atoms with Crippen molar-refractivity contribution in [2.45, 2.75) is 50.7 Å². The van der Waals surface area contributed by atoms with Crippen LogP contribution in [0.3, 0.4) is 0 Å². The van der Waals surface area contributed by atoms with Crippen molar-refractivity contribution in [2.75, 3.05) is 13.7 Å². The van der Waals surface area contributed by atoms with Gasteiger partial charge in [-0.25, -0.2) is 0 Å². The van der Waals surface area contributed by atoms with Crippen molar-refractivity contribution in [1.29, 1.82) is 0 Å². The van der Waals surface area contributed by atoms with Crippen molar-refractivity contribution in [1.82, 2.24) is 5.06 Å². The molecule has 2 aliphatic heterocycles. The molecular formula is C19H25NO3. The van der Waals surface area contributed by atoms with E-state index >= 15 is 0 Å². The Bertz CT molecular complexity index is 590. The van der Waals surface area contributed by atoms with Gasteiger partial charge in [0.25, 0.3) is 0 Å². The number of rotatable bonds is 2. The third-order valence-electron chi connectivity index (χ3n) is 6.09. The number of hydrogen-bond donors (Lipinski definition) is 1. The molecule has 4 aliphatic rings. The van der Waals surface area contributed by atoms with Gasteiger partial charge in [-0.3, -0.25) is 9.90 Å². The van der Waals surface area contributed by atoms with Crippen molar-refractivity contribution in [3.63, 3.8) is 0 Å². The molecule has 2 unspecified atom stereocenters. The van der Waals surface area contributed by atoms with E-state index < -0.39 is 0 Å².